The van der Waals surface area contributed by atoms with E-state index >= 15 is 0 Å². The summed E-state index contributed by atoms with van der Waals surface area (Å²) in [4.78, 5) is 0. The number of rotatable bonds is 5. The Morgan fingerprint density at radius 1 is 1.26 bits per heavy atom. The maximum atomic E-state index is 10.2. The van der Waals surface area contributed by atoms with Crippen molar-refractivity contribution in [2.75, 3.05) is 13.1 Å². The summed E-state index contributed by atoms with van der Waals surface area (Å²) >= 11 is 11.9. The van der Waals surface area contributed by atoms with E-state index in [4.69, 9.17) is 23.2 Å². The summed E-state index contributed by atoms with van der Waals surface area (Å²) in [5, 5.41) is 24.4. The molecule has 0 aliphatic heterocycles. The number of halogens is 2. The van der Waals surface area contributed by atoms with Gasteiger partial charge in [-0.1, -0.05) is 36.0 Å². The minimum absolute atomic E-state index is 0.350. The quantitative estimate of drug-likeness (QED) is 0.784. The fraction of sp³-hybridized carbons (Fsp3) is 0.571. The van der Waals surface area contributed by atoms with E-state index in [-0.39, 0.29) is 0 Å². The van der Waals surface area contributed by atoms with Crippen LogP contribution in [-0.4, -0.2) is 28.9 Å². The molecule has 0 radical (unpaired) electrons. The number of aliphatic hydroxyl groups is 2. The van der Waals surface area contributed by atoms with E-state index in [0.717, 1.165) is 25.7 Å². The minimum Gasteiger partial charge on any atom is -0.389 e. The number of benzene rings is 1. The van der Waals surface area contributed by atoms with Crippen molar-refractivity contribution >= 4 is 23.2 Å². The zero-order valence-corrected chi connectivity index (χ0v) is 12.2. The third-order valence-corrected chi connectivity index (χ3v) is 4.22. The molecule has 2 rings (SSSR count). The summed E-state index contributed by atoms with van der Waals surface area (Å²) in [6, 6.07) is 5.03. The summed E-state index contributed by atoms with van der Waals surface area (Å²) in [7, 11) is 0. The molecule has 0 spiro atoms. The van der Waals surface area contributed by atoms with Gasteiger partial charge < -0.3 is 15.5 Å². The van der Waals surface area contributed by atoms with Crippen LogP contribution in [-0.2, 0) is 0 Å². The van der Waals surface area contributed by atoms with Gasteiger partial charge in [0.15, 0.2) is 0 Å². The molecule has 1 aromatic rings. The van der Waals surface area contributed by atoms with Crippen molar-refractivity contribution in [3.05, 3.63) is 33.8 Å². The molecule has 0 aromatic heterocycles. The predicted octanol–water partition coefficient (Wildman–Crippen LogP) is 2.92. The zero-order valence-electron chi connectivity index (χ0n) is 10.7. The maximum absolute atomic E-state index is 10.2. The second-order valence-corrected chi connectivity index (χ2v) is 6.09. The largest absolute Gasteiger partial charge is 0.389 e. The molecule has 1 aliphatic carbocycles. The van der Waals surface area contributed by atoms with Gasteiger partial charge in [-0.15, -0.1) is 0 Å². The first-order valence-corrected chi connectivity index (χ1v) is 7.32. The van der Waals surface area contributed by atoms with Crippen LogP contribution in [0, 0.1) is 0 Å². The van der Waals surface area contributed by atoms with E-state index in [9.17, 15) is 10.2 Å². The smallest absolute Gasteiger partial charge is 0.0929 e. The Morgan fingerprint density at radius 2 is 1.95 bits per heavy atom. The molecule has 0 heterocycles. The SMILES string of the molecule is OC(CNCC1(O)CCCC1)c1cc(Cl)ccc1Cl. The molecule has 0 saturated heterocycles. The van der Waals surface area contributed by atoms with Gasteiger partial charge >= 0.3 is 0 Å². The molecule has 1 atom stereocenters. The third kappa shape index (κ3) is 4.07. The number of nitrogens with one attached hydrogen (secondary N) is 1. The topological polar surface area (TPSA) is 52.5 Å². The van der Waals surface area contributed by atoms with Gasteiger partial charge in [0.2, 0.25) is 0 Å². The Balaban J connectivity index is 1.87. The van der Waals surface area contributed by atoms with Gasteiger partial charge in [-0.2, -0.15) is 0 Å². The fourth-order valence-corrected chi connectivity index (χ4v) is 2.96. The number of aliphatic hydroxyl groups excluding tert-OH is 1. The zero-order chi connectivity index (χ0) is 13.9. The van der Waals surface area contributed by atoms with Crippen LogP contribution in [0.15, 0.2) is 18.2 Å². The number of hydrogen-bond donors (Lipinski definition) is 3. The molecule has 0 bridgehead atoms. The molecule has 19 heavy (non-hydrogen) atoms. The van der Waals surface area contributed by atoms with Crippen molar-refractivity contribution in [3.8, 4) is 0 Å². The molecule has 106 valence electrons. The van der Waals surface area contributed by atoms with Crippen LogP contribution in [0.4, 0.5) is 0 Å². The summed E-state index contributed by atoms with van der Waals surface area (Å²) in [6.45, 7) is 0.852. The molecule has 1 aromatic carbocycles. The van der Waals surface area contributed by atoms with Crippen molar-refractivity contribution in [3.63, 3.8) is 0 Å². The number of hydrogen-bond acceptors (Lipinski definition) is 3. The van der Waals surface area contributed by atoms with Gasteiger partial charge in [0.1, 0.15) is 0 Å². The van der Waals surface area contributed by atoms with Crippen LogP contribution in [0.5, 0.6) is 0 Å². The summed E-state index contributed by atoms with van der Waals surface area (Å²) in [5.41, 5.74) is -0.00206. The van der Waals surface area contributed by atoms with Crippen molar-refractivity contribution < 1.29 is 10.2 Å². The lowest BCUT2D eigenvalue weighted by Crippen LogP contribution is -2.39. The Hall–Kier alpha value is -0.320. The Labute approximate surface area is 123 Å². The van der Waals surface area contributed by atoms with E-state index < -0.39 is 11.7 Å². The minimum atomic E-state index is -0.726. The molecule has 1 fully saturated rings. The van der Waals surface area contributed by atoms with Crippen LogP contribution in [0.3, 0.4) is 0 Å². The molecular formula is C14H19Cl2NO2. The second kappa shape index (κ2) is 6.42. The molecule has 1 unspecified atom stereocenters. The van der Waals surface area contributed by atoms with Crippen molar-refractivity contribution in [1.29, 1.82) is 0 Å². The van der Waals surface area contributed by atoms with E-state index in [1.54, 1.807) is 18.2 Å². The Morgan fingerprint density at radius 3 is 2.63 bits per heavy atom. The monoisotopic (exact) mass is 303 g/mol. The molecule has 3 N–H and O–H groups in total. The molecular weight excluding hydrogens is 285 g/mol. The maximum Gasteiger partial charge on any atom is 0.0929 e. The molecule has 0 amide bonds. The highest BCUT2D eigenvalue weighted by Crippen LogP contribution is 2.29. The first-order valence-electron chi connectivity index (χ1n) is 6.56. The van der Waals surface area contributed by atoms with Gasteiger partial charge in [0, 0.05) is 28.7 Å². The Bertz CT molecular complexity index is 433. The van der Waals surface area contributed by atoms with Gasteiger partial charge in [0.05, 0.1) is 11.7 Å². The molecule has 5 heteroatoms. The summed E-state index contributed by atoms with van der Waals surface area (Å²) in [5.74, 6) is 0. The fourth-order valence-electron chi connectivity index (χ4n) is 2.53. The van der Waals surface area contributed by atoms with Crippen LogP contribution in [0.25, 0.3) is 0 Å². The van der Waals surface area contributed by atoms with Crippen molar-refractivity contribution in [1.82, 2.24) is 5.32 Å². The Kier molecular flexibility index (Phi) is 5.09. The summed E-state index contributed by atoms with van der Waals surface area (Å²) < 4.78 is 0. The first-order chi connectivity index (χ1) is 9.00. The standard InChI is InChI=1S/C14H19Cl2NO2/c15-10-3-4-12(16)11(7-10)13(18)8-17-9-14(19)5-1-2-6-14/h3-4,7,13,17-19H,1-2,5-6,8-9H2. The highest BCUT2D eigenvalue weighted by molar-refractivity contribution is 6.33. The van der Waals surface area contributed by atoms with E-state index in [1.807, 2.05) is 0 Å². The van der Waals surface area contributed by atoms with Crippen molar-refractivity contribution in [2.45, 2.75) is 37.4 Å². The predicted molar refractivity (Wildman–Crippen MR) is 77.7 cm³/mol. The van der Waals surface area contributed by atoms with E-state index in [1.165, 1.54) is 0 Å². The normalized spacial score (nSPS) is 19.6. The van der Waals surface area contributed by atoms with Crippen LogP contribution >= 0.6 is 23.2 Å². The lowest BCUT2D eigenvalue weighted by molar-refractivity contribution is 0.0439. The highest BCUT2D eigenvalue weighted by Gasteiger charge is 2.30. The molecule has 1 aliphatic rings. The van der Waals surface area contributed by atoms with Gasteiger partial charge in [-0.05, 0) is 31.0 Å². The van der Waals surface area contributed by atoms with E-state index in [0.29, 0.717) is 28.7 Å². The van der Waals surface area contributed by atoms with Crippen LogP contribution < -0.4 is 5.32 Å². The average molecular weight is 304 g/mol. The van der Waals surface area contributed by atoms with Crippen molar-refractivity contribution in [2.24, 2.45) is 0 Å². The highest BCUT2D eigenvalue weighted by atomic mass is 35.5. The second-order valence-electron chi connectivity index (χ2n) is 5.24. The van der Waals surface area contributed by atoms with E-state index in [2.05, 4.69) is 5.32 Å². The average Bonchev–Trinajstić information content (AvgIpc) is 2.79. The van der Waals surface area contributed by atoms with Crippen LogP contribution in [0.1, 0.15) is 37.4 Å². The van der Waals surface area contributed by atoms with Gasteiger partial charge in [-0.25, -0.2) is 0 Å². The van der Waals surface area contributed by atoms with Gasteiger partial charge in [-0.3, -0.25) is 0 Å². The molecule has 3 nitrogen and oxygen atoms in total. The molecule has 1 saturated carbocycles. The first kappa shape index (κ1) is 15.1. The van der Waals surface area contributed by atoms with Gasteiger partial charge in [0.25, 0.3) is 0 Å². The lowest BCUT2D eigenvalue weighted by Gasteiger charge is -2.23. The lowest BCUT2D eigenvalue weighted by atomic mass is 10.0. The summed E-state index contributed by atoms with van der Waals surface area (Å²) in [6.07, 6.45) is 3.07. The third-order valence-electron chi connectivity index (χ3n) is 3.64. The van der Waals surface area contributed by atoms with Crippen LogP contribution in [0.2, 0.25) is 10.0 Å².